The second kappa shape index (κ2) is 68.5. The molecule has 0 nitrogen and oxygen atoms in total. The van der Waals surface area contributed by atoms with E-state index in [2.05, 4.69) is 41.5 Å². The summed E-state index contributed by atoms with van der Waals surface area (Å²) in [6.07, 6.45) is 71.5. The van der Waals surface area contributed by atoms with Crippen LogP contribution in [0.4, 0.5) is 0 Å². The van der Waals surface area contributed by atoms with E-state index in [-0.39, 0.29) is 22.4 Å². The molecule has 0 spiro atoms. The second-order valence-corrected chi connectivity index (χ2v) is 18.1. The fraction of sp³-hybridized carbons (Fsp3) is 0.946. The van der Waals surface area contributed by atoms with Crippen LogP contribution in [0.3, 0.4) is 0 Å². The van der Waals surface area contributed by atoms with E-state index in [1.165, 1.54) is 302 Å². The Bertz CT molecular complexity index is 522. The van der Waals surface area contributed by atoms with Crippen molar-refractivity contribution in [3.8, 4) is 0 Å². The molecule has 0 aliphatic heterocycles. The van der Waals surface area contributed by atoms with E-state index in [9.17, 15) is 0 Å². The van der Waals surface area contributed by atoms with E-state index < -0.39 is 0 Å². The zero-order chi connectivity index (χ0) is 41.4. The Hall–Kier alpha value is 0.740. The number of hydrogen-bond donors (Lipinski definition) is 0. The van der Waals surface area contributed by atoms with Crippen LogP contribution >= 0.6 is 0 Å². The molecule has 0 aromatic heterocycles. The van der Waals surface area contributed by atoms with Gasteiger partial charge in [-0.2, -0.15) is 19.3 Å². The van der Waals surface area contributed by atoms with Gasteiger partial charge in [0, 0.05) is 0 Å². The Balaban J connectivity index is -0.000000430. The van der Waals surface area contributed by atoms with Crippen molar-refractivity contribution in [2.75, 3.05) is 0 Å². The quantitative estimate of drug-likeness (QED) is 0.0324. The summed E-state index contributed by atoms with van der Waals surface area (Å²) in [4.78, 5) is 0. The Morgan fingerprint density at radius 3 is 0.333 bits per heavy atom. The summed E-state index contributed by atoms with van der Waals surface area (Å²) in [5.74, 6) is 0. The molecule has 57 heavy (non-hydrogen) atoms. The average molecular weight is 986 g/mol. The molecule has 350 valence electrons. The van der Waals surface area contributed by atoms with Gasteiger partial charge in [0.1, 0.15) is 0 Å². The largest absolute Gasteiger partial charge is 3.00 e. The van der Waals surface area contributed by atoms with Gasteiger partial charge in [-0.3, -0.25) is 0 Å². The first-order chi connectivity index (χ1) is 27.7. The molecular formula is C56H115Au. The smallest absolute Gasteiger partial charge is 0.343 e. The molecule has 1 heteroatoms. The van der Waals surface area contributed by atoms with E-state index in [1.807, 2.05) is 0 Å². The number of hydrogen-bond acceptors (Lipinski definition) is 0. The van der Waals surface area contributed by atoms with Crippen molar-refractivity contribution in [2.24, 2.45) is 0 Å². The van der Waals surface area contributed by atoms with E-state index in [0.717, 1.165) is 19.3 Å². The topological polar surface area (TPSA) is 0 Å². The monoisotopic (exact) mass is 985 g/mol. The van der Waals surface area contributed by atoms with Gasteiger partial charge in [0.2, 0.25) is 0 Å². The zero-order valence-electron chi connectivity index (χ0n) is 40.8. The molecule has 0 amide bonds. The Labute approximate surface area is 382 Å². The van der Waals surface area contributed by atoms with Crippen LogP contribution in [-0.2, 0) is 22.4 Å². The molecule has 0 fully saturated rings. The molecule has 0 saturated heterocycles. The average Bonchev–Trinajstić information content (AvgIpc) is 3.21. The molecule has 0 aromatic carbocycles. The summed E-state index contributed by atoms with van der Waals surface area (Å²) in [7, 11) is 0. The molecule has 0 aromatic rings. The number of rotatable bonds is 47. The first-order valence-corrected chi connectivity index (χ1v) is 27.1. The van der Waals surface area contributed by atoms with Crippen LogP contribution in [0.1, 0.15) is 342 Å². The van der Waals surface area contributed by atoms with Crippen molar-refractivity contribution >= 4 is 0 Å². The summed E-state index contributed by atoms with van der Waals surface area (Å²) in [6, 6.07) is 0. The van der Waals surface area contributed by atoms with Gasteiger partial charge in [-0.25, -0.2) is 0 Å². The molecule has 0 unspecified atom stereocenters. The van der Waals surface area contributed by atoms with E-state index >= 15 is 0 Å². The summed E-state index contributed by atoms with van der Waals surface area (Å²) in [5.41, 5.74) is 0. The summed E-state index contributed by atoms with van der Waals surface area (Å²) in [5, 5.41) is 0. The third kappa shape index (κ3) is 74.6. The van der Waals surface area contributed by atoms with Gasteiger partial charge in [0.15, 0.2) is 0 Å². The van der Waals surface area contributed by atoms with Crippen molar-refractivity contribution < 1.29 is 22.4 Å². The van der Waals surface area contributed by atoms with Gasteiger partial charge >= 0.3 is 22.4 Å². The van der Waals surface area contributed by atoms with Crippen LogP contribution in [0.15, 0.2) is 0 Å². The molecule has 0 bridgehead atoms. The standard InChI is InChI=1S/C30H61.C14H29.C12H25.Au/c1-3-5-7-9-11-13-15-17-19-21-23-25-27-29-30-28-26-24-22-20-18-16-14-12-10-8-6-4-2;1-3-5-7-9-11-13-14-12-10-8-6-4-2;1-3-5-7-9-11-12-10-8-6-4-2;/h1,3-30H2,2H3;1,3-14H2,2H3;1,3-12H2,2H3;/q3*-1;+3. The Morgan fingerprint density at radius 1 is 0.158 bits per heavy atom. The van der Waals surface area contributed by atoms with Crippen molar-refractivity contribution in [3.05, 3.63) is 20.8 Å². The summed E-state index contributed by atoms with van der Waals surface area (Å²) in [6.45, 7) is 18.5. The van der Waals surface area contributed by atoms with Gasteiger partial charge in [0.25, 0.3) is 0 Å². The third-order valence-corrected chi connectivity index (χ3v) is 12.1. The minimum atomic E-state index is 0. The first-order valence-electron chi connectivity index (χ1n) is 27.1. The van der Waals surface area contributed by atoms with Gasteiger partial charge in [-0.15, -0.1) is 0 Å². The van der Waals surface area contributed by atoms with Gasteiger partial charge in [-0.1, -0.05) is 323 Å². The van der Waals surface area contributed by atoms with Crippen LogP contribution in [-0.4, -0.2) is 0 Å². The summed E-state index contributed by atoms with van der Waals surface area (Å²) >= 11 is 0. The maximum atomic E-state index is 3.92. The fourth-order valence-corrected chi connectivity index (χ4v) is 8.00. The molecule has 0 aliphatic carbocycles. The van der Waals surface area contributed by atoms with Crippen LogP contribution in [0.25, 0.3) is 0 Å². The predicted molar refractivity (Wildman–Crippen MR) is 264 cm³/mol. The normalized spacial score (nSPS) is 10.8. The van der Waals surface area contributed by atoms with Crippen molar-refractivity contribution in [2.45, 2.75) is 342 Å². The maximum absolute atomic E-state index is 3.92. The van der Waals surface area contributed by atoms with E-state index in [0.29, 0.717) is 0 Å². The molecule has 0 atom stereocenters. The zero-order valence-corrected chi connectivity index (χ0v) is 42.9. The van der Waals surface area contributed by atoms with Crippen molar-refractivity contribution in [1.82, 2.24) is 0 Å². The predicted octanol–water partition coefficient (Wildman–Crippen LogP) is 22.0. The molecular weight excluding hydrogens is 870 g/mol. The second-order valence-electron chi connectivity index (χ2n) is 18.1. The first kappa shape index (κ1) is 64.4. The van der Waals surface area contributed by atoms with Crippen molar-refractivity contribution in [1.29, 1.82) is 0 Å². The molecule has 0 aliphatic rings. The molecule has 0 N–H and O–H groups in total. The van der Waals surface area contributed by atoms with Gasteiger partial charge in [-0.05, 0) is 0 Å². The molecule has 0 saturated carbocycles. The van der Waals surface area contributed by atoms with Crippen LogP contribution < -0.4 is 0 Å². The van der Waals surface area contributed by atoms with Crippen LogP contribution in [0, 0.1) is 20.8 Å². The summed E-state index contributed by atoms with van der Waals surface area (Å²) < 4.78 is 0. The van der Waals surface area contributed by atoms with Crippen molar-refractivity contribution in [3.63, 3.8) is 0 Å². The fourth-order valence-electron chi connectivity index (χ4n) is 8.00. The maximum Gasteiger partial charge on any atom is 3.00 e. The minimum Gasteiger partial charge on any atom is -0.343 e. The number of unbranched alkanes of at least 4 members (excludes halogenated alkanes) is 47. The minimum absolute atomic E-state index is 0. The third-order valence-electron chi connectivity index (χ3n) is 12.1. The molecule has 0 heterocycles. The Kier molecular flexibility index (Phi) is 77.3. The van der Waals surface area contributed by atoms with E-state index in [1.54, 1.807) is 0 Å². The Morgan fingerprint density at radius 2 is 0.246 bits per heavy atom. The van der Waals surface area contributed by atoms with Crippen LogP contribution in [0.2, 0.25) is 0 Å². The molecule has 0 rings (SSSR count). The van der Waals surface area contributed by atoms with Gasteiger partial charge in [0.05, 0.1) is 0 Å². The SMILES string of the molecule is [Au+3].[CH2-]CCCCCCCCCCC.[CH2-]CCCCCCCCCCCCC.[CH2-]CCCCCCCCCCCCCCCCCCCCCCCCCCCCC. The molecule has 0 radical (unpaired) electrons. The van der Waals surface area contributed by atoms with Gasteiger partial charge < -0.3 is 20.8 Å². The van der Waals surface area contributed by atoms with Crippen LogP contribution in [0.5, 0.6) is 0 Å². The van der Waals surface area contributed by atoms with E-state index in [4.69, 9.17) is 0 Å².